The Bertz CT molecular complexity index is 1160. The van der Waals surface area contributed by atoms with E-state index in [2.05, 4.69) is 20.3 Å². The zero-order valence-electron chi connectivity index (χ0n) is 16.0. The fourth-order valence-corrected chi connectivity index (χ4v) is 3.59. The van der Waals surface area contributed by atoms with Gasteiger partial charge >= 0.3 is 5.97 Å². The van der Waals surface area contributed by atoms with Crippen molar-refractivity contribution < 1.29 is 9.53 Å². The fraction of sp³-hybridized carbons (Fsp3) is 0.0909. The van der Waals surface area contributed by atoms with Crippen molar-refractivity contribution in [3.63, 3.8) is 0 Å². The summed E-state index contributed by atoms with van der Waals surface area (Å²) in [6, 6.07) is 17.0. The summed E-state index contributed by atoms with van der Waals surface area (Å²) in [6.07, 6.45) is 1.46. The van der Waals surface area contributed by atoms with Gasteiger partial charge in [-0.05, 0) is 31.2 Å². The van der Waals surface area contributed by atoms with Crippen molar-refractivity contribution in [3.8, 4) is 22.6 Å². The minimum Gasteiger partial charge on any atom is -0.462 e. The van der Waals surface area contributed by atoms with Crippen molar-refractivity contribution in [2.24, 2.45) is 0 Å². The highest BCUT2D eigenvalue weighted by Gasteiger charge is 2.18. The standard InChI is InChI=1S/C22H17ClN4O2S/c1-2-29-21(28)17-12-24-19(15-8-10-16(23)11-9-15)26-20(17)27-22-25-18(13-30-22)14-6-4-3-5-7-14/h3-13H,2H2,1H3,(H,24,25,26,27). The van der Waals surface area contributed by atoms with Gasteiger partial charge in [0.25, 0.3) is 0 Å². The first-order valence-electron chi connectivity index (χ1n) is 9.22. The Labute approximate surface area is 182 Å². The van der Waals surface area contributed by atoms with Crippen molar-refractivity contribution in [3.05, 3.63) is 76.8 Å². The molecule has 2 heterocycles. The van der Waals surface area contributed by atoms with Crippen LogP contribution in [0.1, 0.15) is 17.3 Å². The zero-order chi connectivity index (χ0) is 20.9. The Hall–Kier alpha value is -3.29. The van der Waals surface area contributed by atoms with Crippen molar-refractivity contribution in [1.29, 1.82) is 0 Å². The minimum absolute atomic E-state index is 0.242. The summed E-state index contributed by atoms with van der Waals surface area (Å²) in [5, 5.41) is 6.33. The lowest BCUT2D eigenvalue weighted by atomic mass is 10.2. The SMILES string of the molecule is CCOC(=O)c1cnc(-c2ccc(Cl)cc2)nc1Nc1nc(-c2ccccc2)cs1. The van der Waals surface area contributed by atoms with Crippen LogP contribution in [-0.2, 0) is 4.74 Å². The van der Waals surface area contributed by atoms with Gasteiger partial charge in [0.1, 0.15) is 5.56 Å². The third-order valence-electron chi connectivity index (χ3n) is 4.19. The summed E-state index contributed by atoms with van der Waals surface area (Å²) in [4.78, 5) is 25.9. The average Bonchev–Trinajstić information content (AvgIpc) is 3.23. The predicted octanol–water partition coefficient (Wildman–Crippen LogP) is 5.84. The second kappa shape index (κ2) is 9.02. The molecule has 150 valence electrons. The normalized spacial score (nSPS) is 10.6. The van der Waals surface area contributed by atoms with Crippen molar-refractivity contribution in [2.75, 3.05) is 11.9 Å². The number of carbonyl (C=O) groups is 1. The lowest BCUT2D eigenvalue weighted by molar-refractivity contribution is 0.0526. The van der Waals surface area contributed by atoms with Crippen molar-refractivity contribution in [1.82, 2.24) is 15.0 Å². The second-order valence-electron chi connectivity index (χ2n) is 6.21. The number of thiazole rings is 1. The van der Waals surface area contributed by atoms with Crippen LogP contribution in [-0.4, -0.2) is 27.5 Å². The molecule has 0 aliphatic rings. The van der Waals surface area contributed by atoms with Crippen LogP contribution in [0.4, 0.5) is 10.9 Å². The molecule has 0 aliphatic heterocycles. The monoisotopic (exact) mass is 436 g/mol. The molecule has 0 atom stereocenters. The largest absolute Gasteiger partial charge is 0.462 e. The van der Waals surface area contributed by atoms with Gasteiger partial charge in [-0.3, -0.25) is 0 Å². The number of nitrogens with one attached hydrogen (secondary N) is 1. The topological polar surface area (TPSA) is 77.0 Å². The van der Waals surface area contributed by atoms with Crippen molar-refractivity contribution in [2.45, 2.75) is 6.92 Å². The molecule has 0 saturated carbocycles. The summed E-state index contributed by atoms with van der Waals surface area (Å²) >= 11 is 7.40. The van der Waals surface area contributed by atoms with Crippen LogP contribution >= 0.6 is 22.9 Å². The van der Waals surface area contributed by atoms with Crippen LogP contribution in [0.5, 0.6) is 0 Å². The molecule has 0 amide bonds. The highest BCUT2D eigenvalue weighted by Crippen LogP contribution is 2.29. The summed E-state index contributed by atoms with van der Waals surface area (Å²) in [5.41, 5.74) is 2.87. The Balaban J connectivity index is 1.69. The third kappa shape index (κ3) is 4.48. The van der Waals surface area contributed by atoms with Gasteiger partial charge in [0.2, 0.25) is 0 Å². The van der Waals surface area contributed by atoms with Crippen LogP contribution in [0.3, 0.4) is 0 Å². The van der Waals surface area contributed by atoms with E-state index in [1.54, 1.807) is 19.1 Å². The smallest absolute Gasteiger partial charge is 0.343 e. The van der Waals surface area contributed by atoms with E-state index in [0.717, 1.165) is 16.8 Å². The lowest BCUT2D eigenvalue weighted by Crippen LogP contribution is -2.11. The van der Waals surface area contributed by atoms with Crippen molar-refractivity contribution >= 4 is 39.9 Å². The Kier molecular flexibility index (Phi) is 6.02. The molecule has 0 radical (unpaired) electrons. The van der Waals surface area contributed by atoms with E-state index in [1.807, 2.05) is 47.8 Å². The number of nitrogens with zero attached hydrogens (tertiary/aromatic N) is 3. The molecule has 6 nitrogen and oxygen atoms in total. The summed E-state index contributed by atoms with van der Waals surface area (Å²) in [6.45, 7) is 2.01. The van der Waals surface area contributed by atoms with E-state index >= 15 is 0 Å². The third-order valence-corrected chi connectivity index (χ3v) is 5.20. The number of rotatable bonds is 6. The Morgan fingerprint density at radius 2 is 1.83 bits per heavy atom. The molecule has 0 fully saturated rings. The summed E-state index contributed by atoms with van der Waals surface area (Å²) in [7, 11) is 0. The van der Waals surface area contributed by atoms with Crippen LogP contribution in [0.2, 0.25) is 5.02 Å². The molecule has 0 saturated heterocycles. The molecular weight excluding hydrogens is 420 g/mol. The second-order valence-corrected chi connectivity index (χ2v) is 7.51. The first-order chi connectivity index (χ1) is 14.6. The van der Waals surface area contributed by atoms with Crippen LogP contribution in [0.25, 0.3) is 22.6 Å². The lowest BCUT2D eigenvalue weighted by Gasteiger charge is -2.10. The molecule has 0 unspecified atom stereocenters. The van der Waals surface area contributed by atoms with Gasteiger partial charge in [-0.1, -0.05) is 41.9 Å². The van der Waals surface area contributed by atoms with Gasteiger partial charge in [-0.25, -0.2) is 19.7 Å². The molecule has 4 rings (SSSR count). The van der Waals surface area contributed by atoms with Gasteiger partial charge in [-0.2, -0.15) is 0 Å². The number of hydrogen-bond acceptors (Lipinski definition) is 7. The molecule has 2 aromatic heterocycles. The van der Waals surface area contributed by atoms with E-state index in [1.165, 1.54) is 17.5 Å². The molecule has 2 aromatic carbocycles. The molecule has 4 aromatic rings. The highest BCUT2D eigenvalue weighted by atomic mass is 35.5. The zero-order valence-corrected chi connectivity index (χ0v) is 17.6. The maximum Gasteiger partial charge on any atom is 0.343 e. The maximum absolute atomic E-state index is 12.4. The number of carbonyl (C=O) groups excluding carboxylic acids is 1. The van der Waals surface area contributed by atoms with E-state index in [9.17, 15) is 4.79 Å². The molecule has 30 heavy (non-hydrogen) atoms. The first-order valence-corrected chi connectivity index (χ1v) is 10.5. The number of anilines is 2. The predicted molar refractivity (Wildman–Crippen MR) is 119 cm³/mol. The van der Waals surface area contributed by atoms with Crippen LogP contribution in [0.15, 0.2) is 66.2 Å². The maximum atomic E-state index is 12.4. The van der Waals surface area contributed by atoms with Crippen LogP contribution < -0.4 is 5.32 Å². The summed E-state index contributed by atoms with van der Waals surface area (Å²) < 4.78 is 5.15. The molecule has 0 spiro atoms. The number of ether oxygens (including phenoxy) is 1. The van der Waals surface area contributed by atoms with Gasteiger partial charge < -0.3 is 10.1 Å². The van der Waals surface area contributed by atoms with Gasteiger partial charge in [0.05, 0.1) is 12.3 Å². The molecule has 8 heteroatoms. The average molecular weight is 437 g/mol. The Morgan fingerprint density at radius 3 is 2.57 bits per heavy atom. The molecular formula is C22H17ClN4O2S. The number of hydrogen-bond donors (Lipinski definition) is 1. The van der Waals surface area contributed by atoms with Crippen LogP contribution in [0, 0.1) is 0 Å². The number of benzene rings is 2. The molecule has 0 bridgehead atoms. The summed E-state index contributed by atoms with van der Waals surface area (Å²) in [5.74, 6) is 0.298. The van der Waals surface area contributed by atoms with E-state index in [-0.39, 0.29) is 12.2 Å². The van der Waals surface area contributed by atoms with Gasteiger partial charge in [-0.15, -0.1) is 11.3 Å². The fourth-order valence-electron chi connectivity index (χ4n) is 2.75. The molecule has 0 aliphatic carbocycles. The Morgan fingerprint density at radius 1 is 1.07 bits per heavy atom. The highest BCUT2D eigenvalue weighted by molar-refractivity contribution is 7.14. The van der Waals surface area contributed by atoms with E-state index in [4.69, 9.17) is 16.3 Å². The number of aromatic nitrogens is 3. The molecule has 1 N–H and O–H groups in total. The minimum atomic E-state index is -0.498. The van der Waals surface area contributed by atoms with E-state index in [0.29, 0.717) is 21.8 Å². The first kappa shape index (κ1) is 20.0. The van der Waals surface area contributed by atoms with Gasteiger partial charge in [0.15, 0.2) is 16.8 Å². The van der Waals surface area contributed by atoms with E-state index < -0.39 is 5.97 Å². The number of esters is 1. The van der Waals surface area contributed by atoms with Gasteiger partial charge in [0, 0.05) is 27.7 Å². The quantitative estimate of drug-likeness (QED) is 0.382. The number of halogens is 1.